The Bertz CT molecular complexity index is 565. The number of methoxy groups -OCH3 is 1. The summed E-state index contributed by atoms with van der Waals surface area (Å²) in [7, 11) is -2.61. The number of hydrogen-bond acceptors (Lipinski definition) is 4. The molecule has 0 aliphatic heterocycles. The predicted octanol–water partition coefficient (Wildman–Crippen LogP) is 0.825. The van der Waals surface area contributed by atoms with Crippen LogP contribution in [-0.2, 0) is 10.0 Å². The van der Waals surface area contributed by atoms with E-state index in [0.29, 0.717) is 13.1 Å². The van der Waals surface area contributed by atoms with Gasteiger partial charge in [0.15, 0.2) is 0 Å². The van der Waals surface area contributed by atoms with Crippen molar-refractivity contribution in [1.29, 1.82) is 0 Å². The molecule has 2 N–H and O–H groups in total. The van der Waals surface area contributed by atoms with E-state index in [4.69, 9.17) is 9.88 Å². The third-order valence-electron chi connectivity index (χ3n) is 2.78. The lowest BCUT2D eigenvalue weighted by Gasteiger charge is -2.21. The number of amides is 1. The van der Waals surface area contributed by atoms with E-state index in [9.17, 15) is 13.2 Å². The van der Waals surface area contributed by atoms with Crippen LogP contribution in [0.15, 0.2) is 23.1 Å². The highest BCUT2D eigenvalue weighted by atomic mass is 32.2. The van der Waals surface area contributed by atoms with Gasteiger partial charge in [0.05, 0.1) is 12.0 Å². The van der Waals surface area contributed by atoms with Gasteiger partial charge in [-0.3, -0.25) is 4.79 Å². The van der Waals surface area contributed by atoms with Crippen molar-refractivity contribution < 1.29 is 17.9 Å². The van der Waals surface area contributed by atoms with Crippen LogP contribution in [0.5, 0.6) is 5.75 Å². The summed E-state index contributed by atoms with van der Waals surface area (Å²) in [5.41, 5.74) is -0.0174. The highest BCUT2D eigenvalue weighted by Crippen LogP contribution is 2.26. The highest BCUT2D eigenvalue weighted by molar-refractivity contribution is 7.89. The largest absolute Gasteiger partial charge is 0.496 e. The normalized spacial score (nSPS) is 11.2. The second-order valence-corrected chi connectivity index (χ2v) is 5.39. The van der Waals surface area contributed by atoms with Gasteiger partial charge >= 0.3 is 0 Å². The van der Waals surface area contributed by atoms with Gasteiger partial charge in [-0.05, 0) is 26.0 Å². The maximum absolute atomic E-state index is 12.4. The van der Waals surface area contributed by atoms with Crippen molar-refractivity contribution in [3.63, 3.8) is 0 Å². The fraction of sp³-hybridized carbons (Fsp3) is 0.417. The Morgan fingerprint density at radius 2 is 1.89 bits per heavy atom. The van der Waals surface area contributed by atoms with Crippen molar-refractivity contribution in [2.75, 3.05) is 20.2 Å². The standard InChI is InChI=1S/C12H18N2O4S/c1-4-14(5-2)12(15)11-9(18-3)7-6-8-10(11)19(13,16)17/h6-8H,4-5H2,1-3H3,(H2,13,16,17). The molecule has 1 aromatic carbocycles. The molecule has 0 unspecified atom stereocenters. The molecule has 0 aromatic heterocycles. The molecule has 19 heavy (non-hydrogen) atoms. The number of ether oxygens (including phenoxy) is 1. The van der Waals surface area contributed by atoms with Gasteiger partial charge in [0.2, 0.25) is 10.0 Å². The number of hydrogen-bond donors (Lipinski definition) is 1. The van der Waals surface area contributed by atoms with Crippen LogP contribution in [0.1, 0.15) is 24.2 Å². The van der Waals surface area contributed by atoms with Gasteiger partial charge in [-0.2, -0.15) is 0 Å². The van der Waals surface area contributed by atoms with Crippen LogP contribution in [0.4, 0.5) is 0 Å². The van der Waals surface area contributed by atoms with Gasteiger partial charge in [0.1, 0.15) is 11.3 Å². The van der Waals surface area contributed by atoms with E-state index in [0.717, 1.165) is 0 Å². The van der Waals surface area contributed by atoms with Crippen LogP contribution < -0.4 is 9.88 Å². The molecule has 1 amide bonds. The second-order valence-electron chi connectivity index (χ2n) is 3.86. The number of rotatable bonds is 5. The molecule has 0 spiro atoms. The molecule has 0 aliphatic carbocycles. The van der Waals surface area contributed by atoms with Crippen molar-refractivity contribution in [3.05, 3.63) is 23.8 Å². The van der Waals surface area contributed by atoms with Crippen LogP contribution in [-0.4, -0.2) is 39.4 Å². The summed E-state index contributed by atoms with van der Waals surface area (Å²) in [5, 5.41) is 5.15. The average Bonchev–Trinajstić information content (AvgIpc) is 2.38. The summed E-state index contributed by atoms with van der Waals surface area (Å²) in [6.45, 7) is 4.57. The Labute approximate surface area is 113 Å². The third kappa shape index (κ3) is 3.24. The van der Waals surface area contributed by atoms with Crippen molar-refractivity contribution in [2.24, 2.45) is 5.14 Å². The molecule has 0 aliphatic rings. The van der Waals surface area contributed by atoms with E-state index in [-0.39, 0.29) is 16.2 Å². The van der Waals surface area contributed by atoms with Gasteiger partial charge in [-0.1, -0.05) is 6.07 Å². The number of nitrogens with two attached hydrogens (primary N) is 1. The smallest absolute Gasteiger partial charge is 0.258 e. The topological polar surface area (TPSA) is 89.7 Å². The SMILES string of the molecule is CCN(CC)C(=O)c1c(OC)cccc1S(N)(=O)=O. The predicted molar refractivity (Wildman–Crippen MR) is 71.6 cm³/mol. The number of nitrogens with zero attached hydrogens (tertiary/aromatic N) is 1. The van der Waals surface area contributed by atoms with E-state index < -0.39 is 15.9 Å². The molecule has 7 heteroatoms. The fourth-order valence-corrected chi connectivity index (χ4v) is 2.54. The lowest BCUT2D eigenvalue weighted by Crippen LogP contribution is -2.32. The first-order valence-corrected chi connectivity index (χ1v) is 7.40. The number of benzene rings is 1. The number of carbonyl (C=O) groups is 1. The summed E-state index contributed by atoms with van der Waals surface area (Å²) in [6.07, 6.45) is 0. The number of primary sulfonamides is 1. The van der Waals surface area contributed by atoms with E-state index in [1.165, 1.54) is 30.2 Å². The minimum absolute atomic E-state index is 0.0174. The van der Waals surface area contributed by atoms with Crippen LogP contribution in [0.3, 0.4) is 0 Å². The van der Waals surface area contributed by atoms with E-state index in [1.807, 2.05) is 13.8 Å². The molecule has 1 aromatic rings. The Kier molecular flexibility index (Phi) is 4.90. The molecule has 106 valence electrons. The van der Waals surface area contributed by atoms with Crippen LogP contribution in [0, 0.1) is 0 Å². The van der Waals surface area contributed by atoms with Crippen molar-refractivity contribution in [3.8, 4) is 5.75 Å². The molecular formula is C12H18N2O4S. The zero-order chi connectivity index (χ0) is 14.6. The van der Waals surface area contributed by atoms with E-state index in [1.54, 1.807) is 0 Å². The molecule has 1 rings (SSSR count). The highest BCUT2D eigenvalue weighted by Gasteiger charge is 2.26. The zero-order valence-electron chi connectivity index (χ0n) is 11.2. The van der Waals surface area contributed by atoms with Crippen LogP contribution in [0.2, 0.25) is 0 Å². The monoisotopic (exact) mass is 286 g/mol. The van der Waals surface area contributed by atoms with Crippen molar-refractivity contribution in [1.82, 2.24) is 4.90 Å². The Morgan fingerprint density at radius 1 is 1.32 bits per heavy atom. The maximum Gasteiger partial charge on any atom is 0.258 e. The first-order valence-electron chi connectivity index (χ1n) is 5.85. The second kappa shape index (κ2) is 6.03. The Balaban J connectivity index is 3.51. The lowest BCUT2D eigenvalue weighted by atomic mass is 10.1. The molecule has 0 heterocycles. The number of carbonyl (C=O) groups excluding carboxylic acids is 1. The first kappa shape index (κ1) is 15.5. The molecule has 0 atom stereocenters. The number of sulfonamides is 1. The third-order valence-corrected chi connectivity index (χ3v) is 3.73. The van der Waals surface area contributed by atoms with E-state index >= 15 is 0 Å². The fourth-order valence-electron chi connectivity index (χ4n) is 1.80. The maximum atomic E-state index is 12.4. The van der Waals surface area contributed by atoms with Gasteiger partial charge in [0, 0.05) is 13.1 Å². The summed E-state index contributed by atoms with van der Waals surface area (Å²) >= 11 is 0. The zero-order valence-corrected chi connectivity index (χ0v) is 12.0. The van der Waals surface area contributed by atoms with E-state index in [2.05, 4.69) is 0 Å². The minimum Gasteiger partial charge on any atom is -0.496 e. The molecule has 6 nitrogen and oxygen atoms in total. The molecule has 0 saturated carbocycles. The van der Waals surface area contributed by atoms with Crippen LogP contribution in [0.25, 0.3) is 0 Å². The summed E-state index contributed by atoms with van der Waals surface area (Å²) in [6, 6.07) is 4.32. The summed E-state index contributed by atoms with van der Waals surface area (Å²) < 4.78 is 28.2. The molecular weight excluding hydrogens is 268 g/mol. The Morgan fingerprint density at radius 3 is 2.32 bits per heavy atom. The average molecular weight is 286 g/mol. The van der Waals surface area contributed by atoms with Crippen LogP contribution >= 0.6 is 0 Å². The molecule has 0 saturated heterocycles. The quantitative estimate of drug-likeness (QED) is 0.868. The van der Waals surface area contributed by atoms with Crippen molar-refractivity contribution in [2.45, 2.75) is 18.7 Å². The van der Waals surface area contributed by atoms with Gasteiger partial charge in [-0.15, -0.1) is 0 Å². The Hall–Kier alpha value is -1.60. The molecule has 0 bridgehead atoms. The van der Waals surface area contributed by atoms with Gasteiger partial charge in [0.25, 0.3) is 5.91 Å². The molecule has 0 radical (unpaired) electrons. The van der Waals surface area contributed by atoms with Gasteiger partial charge in [-0.25, -0.2) is 13.6 Å². The first-order chi connectivity index (χ1) is 8.86. The molecule has 0 fully saturated rings. The van der Waals surface area contributed by atoms with Gasteiger partial charge < -0.3 is 9.64 Å². The minimum atomic E-state index is -3.99. The lowest BCUT2D eigenvalue weighted by molar-refractivity contribution is 0.0765. The summed E-state index contributed by atoms with van der Waals surface area (Å²) in [5.74, 6) is -0.213. The van der Waals surface area contributed by atoms with Crippen molar-refractivity contribution >= 4 is 15.9 Å². The summed E-state index contributed by atoms with van der Waals surface area (Å²) in [4.78, 5) is 13.7.